The number of hydrogen-bond acceptors (Lipinski definition) is 6. The van der Waals surface area contributed by atoms with Gasteiger partial charge in [-0.2, -0.15) is 0 Å². The van der Waals surface area contributed by atoms with Gasteiger partial charge in [-0.1, -0.05) is 11.6 Å². The first-order valence-electron chi connectivity index (χ1n) is 6.93. The maximum absolute atomic E-state index is 12.6. The molecular weight excluding hydrogens is 352 g/mol. The Kier molecular flexibility index (Phi) is 5.00. The summed E-state index contributed by atoms with van der Waals surface area (Å²) in [4.78, 5) is 28.1. The van der Waals surface area contributed by atoms with Gasteiger partial charge in [0.1, 0.15) is 5.69 Å². The van der Waals surface area contributed by atoms with Crippen molar-refractivity contribution in [3.05, 3.63) is 50.9 Å². The summed E-state index contributed by atoms with van der Waals surface area (Å²) in [7, 11) is 0. The number of thiophene rings is 1. The number of carbonyl (C=O) groups excluding carboxylic acids is 1. The van der Waals surface area contributed by atoms with E-state index in [-0.39, 0.29) is 5.91 Å². The van der Waals surface area contributed by atoms with Crippen molar-refractivity contribution in [3.8, 4) is 10.8 Å². The molecule has 0 saturated carbocycles. The van der Waals surface area contributed by atoms with Crippen LogP contribution in [0.4, 0.5) is 0 Å². The van der Waals surface area contributed by atoms with Gasteiger partial charge in [0.2, 0.25) is 0 Å². The standard InChI is InChI=1S/C15H13ClN4OS2/c1-2-20(8-10-4-5-12(16)23-10)15(21)11-9-22-14(19-11)13-17-6-3-7-18-13/h3-7,9H,2,8H2,1H3. The highest BCUT2D eigenvalue weighted by atomic mass is 35.5. The molecule has 0 fully saturated rings. The number of amides is 1. The van der Waals surface area contributed by atoms with Crippen molar-refractivity contribution >= 4 is 40.2 Å². The molecule has 0 aromatic carbocycles. The predicted octanol–water partition coefficient (Wildman–Crippen LogP) is 3.98. The van der Waals surface area contributed by atoms with E-state index < -0.39 is 0 Å². The summed E-state index contributed by atoms with van der Waals surface area (Å²) in [6, 6.07) is 5.52. The van der Waals surface area contributed by atoms with E-state index >= 15 is 0 Å². The van der Waals surface area contributed by atoms with Gasteiger partial charge >= 0.3 is 0 Å². The van der Waals surface area contributed by atoms with E-state index in [1.165, 1.54) is 22.7 Å². The maximum atomic E-state index is 12.6. The van der Waals surface area contributed by atoms with Gasteiger partial charge < -0.3 is 4.90 Å². The Bertz CT molecular complexity index is 803. The van der Waals surface area contributed by atoms with Gasteiger partial charge in [0.05, 0.1) is 10.9 Å². The van der Waals surface area contributed by atoms with Crippen LogP contribution in [0.15, 0.2) is 36.0 Å². The van der Waals surface area contributed by atoms with Gasteiger partial charge in [0, 0.05) is 29.2 Å². The van der Waals surface area contributed by atoms with Crippen molar-refractivity contribution in [3.63, 3.8) is 0 Å². The van der Waals surface area contributed by atoms with Gasteiger partial charge in [-0.05, 0) is 25.1 Å². The van der Waals surface area contributed by atoms with Crippen LogP contribution in [0.25, 0.3) is 10.8 Å². The molecule has 5 nitrogen and oxygen atoms in total. The fraction of sp³-hybridized carbons (Fsp3) is 0.200. The average molecular weight is 365 g/mol. The maximum Gasteiger partial charge on any atom is 0.273 e. The number of aromatic nitrogens is 3. The van der Waals surface area contributed by atoms with Crippen molar-refractivity contribution in [1.82, 2.24) is 19.9 Å². The topological polar surface area (TPSA) is 59.0 Å². The number of hydrogen-bond donors (Lipinski definition) is 0. The molecule has 0 unspecified atom stereocenters. The number of thiazole rings is 1. The highest BCUT2D eigenvalue weighted by molar-refractivity contribution is 7.16. The van der Waals surface area contributed by atoms with Crippen LogP contribution in [-0.4, -0.2) is 32.3 Å². The molecule has 1 amide bonds. The van der Waals surface area contributed by atoms with Crippen LogP contribution >= 0.6 is 34.3 Å². The van der Waals surface area contributed by atoms with Crippen LogP contribution in [0, 0.1) is 0 Å². The molecule has 0 radical (unpaired) electrons. The number of carbonyl (C=O) groups is 1. The summed E-state index contributed by atoms with van der Waals surface area (Å²) >= 11 is 8.79. The van der Waals surface area contributed by atoms with Crippen molar-refractivity contribution in [1.29, 1.82) is 0 Å². The summed E-state index contributed by atoms with van der Waals surface area (Å²) in [5, 5.41) is 2.39. The second kappa shape index (κ2) is 7.16. The van der Waals surface area contributed by atoms with E-state index in [1.807, 2.05) is 19.1 Å². The number of rotatable bonds is 5. The van der Waals surface area contributed by atoms with Crippen LogP contribution in [-0.2, 0) is 6.54 Å². The second-order valence-corrected chi connectivity index (χ2v) is 7.29. The summed E-state index contributed by atoms with van der Waals surface area (Å²) in [6.45, 7) is 3.07. The number of nitrogens with zero attached hydrogens (tertiary/aromatic N) is 4. The van der Waals surface area contributed by atoms with Crippen LogP contribution in [0.3, 0.4) is 0 Å². The van der Waals surface area contributed by atoms with Crippen LogP contribution in [0.1, 0.15) is 22.3 Å². The lowest BCUT2D eigenvalue weighted by atomic mass is 10.3. The van der Waals surface area contributed by atoms with Crippen molar-refractivity contribution < 1.29 is 4.79 Å². The third kappa shape index (κ3) is 3.74. The van der Waals surface area contributed by atoms with Gasteiger partial charge in [0.25, 0.3) is 5.91 Å². The summed E-state index contributed by atoms with van der Waals surface area (Å²) in [5.41, 5.74) is 0.418. The first-order valence-corrected chi connectivity index (χ1v) is 9.01. The van der Waals surface area contributed by atoms with Crippen molar-refractivity contribution in [2.75, 3.05) is 6.54 Å². The first-order chi connectivity index (χ1) is 11.2. The minimum atomic E-state index is -0.101. The molecule has 3 rings (SSSR count). The van der Waals surface area contributed by atoms with Gasteiger partial charge in [-0.25, -0.2) is 15.0 Å². The van der Waals surface area contributed by atoms with E-state index in [1.54, 1.807) is 28.7 Å². The van der Waals surface area contributed by atoms with Crippen LogP contribution < -0.4 is 0 Å². The zero-order valence-electron chi connectivity index (χ0n) is 12.3. The smallest absolute Gasteiger partial charge is 0.273 e. The third-order valence-electron chi connectivity index (χ3n) is 3.12. The fourth-order valence-corrected chi connectivity index (χ4v) is 3.84. The zero-order valence-corrected chi connectivity index (χ0v) is 14.7. The Morgan fingerprint density at radius 2 is 2.09 bits per heavy atom. The predicted molar refractivity (Wildman–Crippen MR) is 92.9 cm³/mol. The summed E-state index contributed by atoms with van der Waals surface area (Å²) in [6.07, 6.45) is 3.31. The third-order valence-corrected chi connectivity index (χ3v) is 5.18. The second-order valence-electron chi connectivity index (χ2n) is 4.64. The van der Waals surface area contributed by atoms with Crippen molar-refractivity contribution in [2.24, 2.45) is 0 Å². The molecular formula is C15H13ClN4OS2. The van der Waals surface area contributed by atoms with Crippen LogP contribution in [0.2, 0.25) is 4.34 Å². The van der Waals surface area contributed by atoms with Crippen LogP contribution in [0.5, 0.6) is 0 Å². The Morgan fingerprint density at radius 1 is 1.30 bits per heavy atom. The molecule has 3 heterocycles. The highest BCUT2D eigenvalue weighted by Gasteiger charge is 2.19. The normalized spacial score (nSPS) is 10.7. The molecule has 0 saturated heterocycles. The monoisotopic (exact) mass is 364 g/mol. The lowest BCUT2D eigenvalue weighted by Crippen LogP contribution is -2.30. The lowest BCUT2D eigenvalue weighted by molar-refractivity contribution is 0.0749. The summed E-state index contributed by atoms with van der Waals surface area (Å²) < 4.78 is 0.723. The van der Waals surface area contributed by atoms with Gasteiger partial charge in [0.15, 0.2) is 10.8 Å². The Morgan fingerprint density at radius 3 is 2.74 bits per heavy atom. The first kappa shape index (κ1) is 16.0. The Labute approximate surface area is 146 Å². The summed E-state index contributed by atoms with van der Waals surface area (Å²) in [5.74, 6) is 0.431. The molecule has 0 bridgehead atoms. The van der Waals surface area contributed by atoms with E-state index in [9.17, 15) is 4.79 Å². The van der Waals surface area contributed by atoms with E-state index in [0.29, 0.717) is 29.6 Å². The molecule has 0 aliphatic carbocycles. The molecule has 0 atom stereocenters. The molecule has 3 aromatic rings. The van der Waals surface area contributed by atoms with E-state index in [0.717, 1.165) is 9.21 Å². The quantitative estimate of drug-likeness (QED) is 0.687. The molecule has 0 N–H and O–H groups in total. The molecule has 0 spiro atoms. The Hall–Kier alpha value is -1.83. The fourth-order valence-electron chi connectivity index (χ4n) is 2.00. The highest BCUT2D eigenvalue weighted by Crippen LogP contribution is 2.24. The van der Waals surface area contributed by atoms with E-state index in [4.69, 9.17) is 11.6 Å². The minimum absolute atomic E-state index is 0.101. The Balaban J connectivity index is 1.77. The SMILES string of the molecule is CCN(Cc1ccc(Cl)s1)C(=O)c1csc(-c2ncccn2)n1. The molecule has 0 aliphatic heterocycles. The average Bonchev–Trinajstić information content (AvgIpc) is 3.22. The van der Waals surface area contributed by atoms with E-state index in [2.05, 4.69) is 15.0 Å². The molecule has 8 heteroatoms. The lowest BCUT2D eigenvalue weighted by Gasteiger charge is -2.18. The molecule has 3 aromatic heterocycles. The largest absolute Gasteiger partial charge is 0.332 e. The molecule has 118 valence electrons. The van der Waals surface area contributed by atoms with Gasteiger partial charge in [-0.15, -0.1) is 22.7 Å². The van der Waals surface area contributed by atoms with Crippen molar-refractivity contribution in [2.45, 2.75) is 13.5 Å². The van der Waals surface area contributed by atoms with Gasteiger partial charge in [-0.3, -0.25) is 4.79 Å². The number of halogens is 1. The minimum Gasteiger partial charge on any atom is -0.332 e. The molecule has 0 aliphatic rings. The molecule has 23 heavy (non-hydrogen) atoms. The zero-order chi connectivity index (χ0) is 16.2.